The molecule has 0 saturated heterocycles. The van der Waals surface area contributed by atoms with Gasteiger partial charge in [-0.3, -0.25) is 0 Å². The molecule has 2 rings (SSSR count). The van der Waals surface area contributed by atoms with Crippen LogP contribution in [-0.4, -0.2) is 37.1 Å². The van der Waals surface area contributed by atoms with Gasteiger partial charge in [0.15, 0.2) is 0 Å². The number of benzene rings is 1. The van der Waals surface area contributed by atoms with E-state index in [4.69, 9.17) is 10.5 Å². The molecule has 0 unspecified atom stereocenters. The van der Waals surface area contributed by atoms with Crippen LogP contribution in [-0.2, 0) is 6.54 Å². The first-order valence-electron chi connectivity index (χ1n) is 6.07. The van der Waals surface area contributed by atoms with Crippen LogP contribution in [0, 0.1) is 0 Å². The van der Waals surface area contributed by atoms with Crippen LogP contribution in [0.2, 0.25) is 0 Å². The quantitative estimate of drug-likeness (QED) is 0.870. The Morgan fingerprint density at radius 1 is 1.28 bits per heavy atom. The SMILES string of the molecule is CN(C)CCOc1nc(CN)cc2ccccc12. The Balaban J connectivity index is 2.29. The lowest BCUT2D eigenvalue weighted by molar-refractivity contribution is 0.256. The summed E-state index contributed by atoms with van der Waals surface area (Å²) in [6, 6.07) is 10.1. The van der Waals surface area contributed by atoms with Gasteiger partial charge < -0.3 is 15.4 Å². The summed E-state index contributed by atoms with van der Waals surface area (Å²) in [6.45, 7) is 1.91. The molecule has 0 bridgehead atoms. The van der Waals surface area contributed by atoms with E-state index in [1.807, 2.05) is 38.4 Å². The van der Waals surface area contributed by atoms with Crippen LogP contribution < -0.4 is 10.5 Å². The Kier molecular flexibility index (Phi) is 4.12. The van der Waals surface area contributed by atoms with Gasteiger partial charge in [-0.25, -0.2) is 4.98 Å². The second kappa shape index (κ2) is 5.80. The molecule has 0 aliphatic rings. The highest BCUT2D eigenvalue weighted by Crippen LogP contribution is 2.24. The predicted molar refractivity (Wildman–Crippen MR) is 73.7 cm³/mol. The number of hydrogen-bond donors (Lipinski definition) is 1. The Bertz CT molecular complexity index is 525. The lowest BCUT2D eigenvalue weighted by Gasteiger charge is -2.13. The maximum atomic E-state index is 5.76. The van der Waals surface area contributed by atoms with Crippen LogP contribution in [0.4, 0.5) is 0 Å². The summed E-state index contributed by atoms with van der Waals surface area (Å²) in [4.78, 5) is 6.53. The number of hydrogen-bond acceptors (Lipinski definition) is 4. The molecule has 1 heterocycles. The first-order valence-corrected chi connectivity index (χ1v) is 6.07. The van der Waals surface area contributed by atoms with Crippen LogP contribution in [0.3, 0.4) is 0 Å². The van der Waals surface area contributed by atoms with Crippen molar-refractivity contribution in [3.05, 3.63) is 36.0 Å². The highest BCUT2D eigenvalue weighted by atomic mass is 16.5. The number of ether oxygens (including phenoxy) is 1. The zero-order valence-corrected chi connectivity index (χ0v) is 10.9. The third-order valence-corrected chi connectivity index (χ3v) is 2.74. The second-order valence-electron chi connectivity index (χ2n) is 4.50. The maximum absolute atomic E-state index is 5.76. The third kappa shape index (κ3) is 2.97. The lowest BCUT2D eigenvalue weighted by atomic mass is 10.1. The van der Waals surface area contributed by atoms with Crippen molar-refractivity contribution in [3.63, 3.8) is 0 Å². The monoisotopic (exact) mass is 245 g/mol. The summed E-state index contributed by atoms with van der Waals surface area (Å²) in [5.74, 6) is 0.676. The van der Waals surface area contributed by atoms with E-state index >= 15 is 0 Å². The molecule has 18 heavy (non-hydrogen) atoms. The first-order chi connectivity index (χ1) is 8.70. The summed E-state index contributed by atoms with van der Waals surface area (Å²) < 4.78 is 5.76. The molecule has 2 N–H and O–H groups in total. The van der Waals surface area contributed by atoms with Crippen molar-refractivity contribution in [1.82, 2.24) is 9.88 Å². The zero-order chi connectivity index (χ0) is 13.0. The van der Waals surface area contributed by atoms with E-state index in [1.165, 1.54) is 0 Å². The fraction of sp³-hybridized carbons (Fsp3) is 0.357. The average Bonchev–Trinajstić information content (AvgIpc) is 2.38. The van der Waals surface area contributed by atoms with Crippen LogP contribution in [0.15, 0.2) is 30.3 Å². The molecule has 0 atom stereocenters. The standard InChI is InChI=1S/C14H19N3O/c1-17(2)7-8-18-14-13-6-4-3-5-11(13)9-12(10-15)16-14/h3-6,9H,7-8,10,15H2,1-2H3. The minimum atomic E-state index is 0.425. The van der Waals surface area contributed by atoms with Crippen molar-refractivity contribution < 1.29 is 4.74 Å². The van der Waals surface area contributed by atoms with Crippen LogP contribution in [0.1, 0.15) is 5.69 Å². The fourth-order valence-electron chi connectivity index (χ4n) is 1.76. The molecule has 1 aromatic carbocycles. The van der Waals surface area contributed by atoms with Gasteiger partial charge in [-0.05, 0) is 31.6 Å². The Labute approximate surface area is 107 Å². The summed E-state index contributed by atoms with van der Waals surface area (Å²) in [5.41, 5.74) is 6.52. The van der Waals surface area contributed by atoms with Gasteiger partial charge in [0.25, 0.3) is 0 Å². The van der Waals surface area contributed by atoms with Crippen molar-refractivity contribution in [2.24, 2.45) is 5.73 Å². The van der Waals surface area contributed by atoms with E-state index in [9.17, 15) is 0 Å². The van der Waals surface area contributed by atoms with Gasteiger partial charge in [0.2, 0.25) is 5.88 Å². The van der Waals surface area contributed by atoms with Gasteiger partial charge in [-0.1, -0.05) is 18.2 Å². The molecule has 0 spiro atoms. The molecule has 0 fully saturated rings. The number of fused-ring (bicyclic) bond motifs is 1. The van der Waals surface area contributed by atoms with Gasteiger partial charge >= 0.3 is 0 Å². The van der Waals surface area contributed by atoms with Gasteiger partial charge in [0.05, 0.1) is 5.69 Å². The minimum Gasteiger partial charge on any atom is -0.476 e. The topological polar surface area (TPSA) is 51.4 Å². The highest BCUT2D eigenvalue weighted by Gasteiger charge is 2.06. The lowest BCUT2D eigenvalue weighted by Crippen LogP contribution is -2.20. The number of rotatable bonds is 5. The molecule has 4 nitrogen and oxygen atoms in total. The van der Waals surface area contributed by atoms with Crippen LogP contribution in [0.5, 0.6) is 5.88 Å². The van der Waals surface area contributed by atoms with Crippen molar-refractivity contribution in [2.75, 3.05) is 27.2 Å². The Morgan fingerprint density at radius 2 is 2.06 bits per heavy atom. The minimum absolute atomic E-state index is 0.425. The molecule has 2 aromatic rings. The zero-order valence-electron chi connectivity index (χ0n) is 10.9. The van der Waals surface area contributed by atoms with E-state index in [0.29, 0.717) is 19.0 Å². The predicted octanol–water partition coefficient (Wildman–Crippen LogP) is 1.63. The van der Waals surface area contributed by atoms with Crippen molar-refractivity contribution in [2.45, 2.75) is 6.54 Å². The second-order valence-corrected chi connectivity index (χ2v) is 4.50. The molecule has 0 aliphatic heterocycles. The van der Waals surface area contributed by atoms with Gasteiger partial charge in [-0.2, -0.15) is 0 Å². The number of nitrogens with two attached hydrogens (primary N) is 1. The van der Waals surface area contributed by atoms with Crippen molar-refractivity contribution in [1.29, 1.82) is 0 Å². The molecule has 1 aromatic heterocycles. The van der Waals surface area contributed by atoms with Gasteiger partial charge in [0, 0.05) is 18.5 Å². The molecule has 96 valence electrons. The molecular weight excluding hydrogens is 226 g/mol. The third-order valence-electron chi connectivity index (χ3n) is 2.74. The number of likely N-dealkylation sites (N-methyl/N-ethyl adjacent to an activating group) is 1. The molecular formula is C14H19N3O. The van der Waals surface area contributed by atoms with Gasteiger partial charge in [0.1, 0.15) is 6.61 Å². The summed E-state index contributed by atoms with van der Waals surface area (Å²) in [5, 5.41) is 2.15. The largest absolute Gasteiger partial charge is 0.476 e. The summed E-state index contributed by atoms with van der Waals surface area (Å²) in [7, 11) is 4.04. The maximum Gasteiger partial charge on any atom is 0.221 e. The summed E-state index contributed by atoms with van der Waals surface area (Å²) >= 11 is 0. The van der Waals surface area contributed by atoms with Crippen molar-refractivity contribution in [3.8, 4) is 5.88 Å². The number of nitrogens with zero attached hydrogens (tertiary/aromatic N) is 2. The first kappa shape index (κ1) is 12.8. The Morgan fingerprint density at radius 3 is 2.78 bits per heavy atom. The molecule has 0 amide bonds. The molecule has 0 saturated carbocycles. The number of aromatic nitrogens is 1. The van der Waals surface area contributed by atoms with Crippen molar-refractivity contribution >= 4 is 10.8 Å². The van der Waals surface area contributed by atoms with E-state index in [-0.39, 0.29) is 0 Å². The highest BCUT2D eigenvalue weighted by molar-refractivity contribution is 5.87. The molecule has 4 heteroatoms. The molecule has 0 radical (unpaired) electrons. The normalized spacial score (nSPS) is 11.1. The van der Waals surface area contributed by atoms with E-state index in [0.717, 1.165) is 23.0 Å². The van der Waals surface area contributed by atoms with E-state index in [2.05, 4.69) is 16.0 Å². The van der Waals surface area contributed by atoms with Crippen LogP contribution >= 0.6 is 0 Å². The van der Waals surface area contributed by atoms with Gasteiger partial charge in [-0.15, -0.1) is 0 Å². The van der Waals surface area contributed by atoms with E-state index < -0.39 is 0 Å². The average molecular weight is 245 g/mol. The fourth-order valence-corrected chi connectivity index (χ4v) is 1.76. The number of pyridine rings is 1. The van der Waals surface area contributed by atoms with E-state index in [1.54, 1.807) is 0 Å². The molecule has 0 aliphatic carbocycles. The summed E-state index contributed by atoms with van der Waals surface area (Å²) in [6.07, 6.45) is 0. The van der Waals surface area contributed by atoms with Crippen LogP contribution in [0.25, 0.3) is 10.8 Å². The smallest absolute Gasteiger partial charge is 0.221 e. The Hall–Kier alpha value is -1.65.